The summed E-state index contributed by atoms with van der Waals surface area (Å²) >= 11 is 4.42. The first-order valence-electron chi connectivity index (χ1n) is 7.65. The van der Waals surface area contributed by atoms with Crippen LogP contribution in [0.4, 0.5) is 4.39 Å². The van der Waals surface area contributed by atoms with Gasteiger partial charge in [0.15, 0.2) is 14.5 Å². The normalized spacial score (nSPS) is 10.7. The van der Waals surface area contributed by atoms with Gasteiger partial charge in [-0.1, -0.05) is 47.0 Å². The summed E-state index contributed by atoms with van der Waals surface area (Å²) in [5.74, 6) is 1.47. The third kappa shape index (κ3) is 5.30. The molecule has 0 bridgehead atoms. The minimum absolute atomic E-state index is 0.0577. The lowest BCUT2D eigenvalue weighted by atomic mass is 10.1. The molecule has 1 heterocycles. The molecule has 26 heavy (non-hydrogen) atoms. The average Bonchev–Trinajstić information content (AvgIpc) is 3.13. The van der Waals surface area contributed by atoms with Crippen molar-refractivity contribution in [3.05, 3.63) is 65.5 Å². The van der Waals surface area contributed by atoms with E-state index in [1.54, 1.807) is 18.9 Å². The second-order valence-corrected chi connectivity index (χ2v) is 8.61. The number of benzene rings is 2. The van der Waals surface area contributed by atoms with Crippen LogP contribution < -0.4 is 4.74 Å². The van der Waals surface area contributed by atoms with Crippen molar-refractivity contribution in [1.82, 2.24) is 10.2 Å². The van der Waals surface area contributed by atoms with E-state index in [9.17, 15) is 9.18 Å². The highest BCUT2D eigenvalue weighted by atomic mass is 32.2. The zero-order valence-electron chi connectivity index (χ0n) is 13.8. The molecule has 0 saturated heterocycles. The second kappa shape index (κ2) is 9.16. The van der Waals surface area contributed by atoms with Gasteiger partial charge in [-0.05, 0) is 42.0 Å². The third-order valence-corrected chi connectivity index (χ3v) is 6.66. The van der Waals surface area contributed by atoms with E-state index in [2.05, 4.69) is 10.2 Å². The minimum Gasteiger partial charge on any atom is -0.497 e. The summed E-state index contributed by atoms with van der Waals surface area (Å²) in [6, 6.07) is 13.5. The zero-order valence-corrected chi connectivity index (χ0v) is 16.3. The van der Waals surface area contributed by atoms with E-state index < -0.39 is 0 Å². The van der Waals surface area contributed by atoms with Crippen molar-refractivity contribution in [2.45, 2.75) is 14.4 Å². The first-order valence-corrected chi connectivity index (χ1v) is 10.4. The maximum Gasteiger partial charge on any atom is 0.175 e. The number of carbonyl (C=O) groups is 1. The van der Waals surface area contributed by atoms with Crippen LogP contribution in [0.5, 0.6) is 5.75 Å². The molecule has 1 aromatic heterocycles. The molecule has 0 aliphatic heterocycles. The van der Waals surface area contributed by atoms with Gasteiger partial charge in [0.25, 0.3) is 0 Å². The van der Waals surface area contributed by atoms with Gasteiger partial charge >= 0.3 is 0 Å². The van der Waals surface area contributed by atoms with Gasteiger partial charge in [-0.15, -0.1) is 10.2 Å². The van der Waals surface area contributed by atoms with Crippen molar-refractivity contribution in [3.63, 3.8) is 0 Å². The van der Waals surface area contributed by atoms with Crippen LogP contribution in [0.25, 0.3) is 0 Å². The molecule has 0 aliphatic rings. The van der Waals surface area contributed by atoms with Crippen LogP contribution in [0.15, 0.2) is 57.2 Å². The summed E-state index contributed by atoms with van der Waals surface area (Å²) in [7, 11) is 1.64. The SMILES string of the molecule is COc1ccc(CSc2nnc(SCC(=O)c3ccc(F)cc3)s2)cc1. The van der Waals surface area contributed by atoms with Gasteiger partial charge in [0.05, 0.1) is 12.9 Å². The number of methoxy groups -OCH3 is 1. The lowest BCUT2D eigenvalue weighted by Gasteiger charge is -2.01. The van der Waals surface area contributed by atoms with Crippen LogP contribution in [0.3, 0.4) is 0 Å². The Labute approximate surface area is 163 Å². The van der Waals surface area contributed by atoms with E-state index in [1.807, 2.05) is 24.3 Å². The molecule has 134 valence electrons. The molecule has 0 spiro atoms. The summed E-state index contributed by atoms with van der Waals surface area (Å²) in [6.07, 6.45) is 0. The van der Waals surface area contributed by atoms with E-state index in [0.29, 0.717) is 5.56 Å². The van der Waals surface area contributed by atoms with E-state index >= 15 is 0 Å². The van der Waals surface area contributed by atoms with Crippen molar-refractivity contribution < 1.29 is 13.9 Å². The van der Waals surface area contributed by atoms with E-state index in [0.717, 1.165) is 20.2 Å². The maximum absolute atomic E-state index is 12.9. The van der Waals surface area contributed by atoms with Crippen LogP contribution in [0, 0.1) is 5.82 Å². The van der Waals surface area contributed by atoms with Crippen molar-refractivity contribution >= 4 is 40.6 Å². The molecule has 0 atom stereocenters. The summed E-state index contributed by atoms with van der Waals surface area (Å²) in [5.41, 5.74) is 1.67. The average molecular weight is 407 g/mol. The fourth-order valence-corrected chi connectivity index (χ4v) is 4.90. The highest BCUT2D eigenvalue weighted by Crippen LogP contribution is 2.31. The van der Waals surface area contributed by atoms with Crippen molar-refractivity contribution in [1.29, 1.82) is 0 Å². The Bertz CT molecular complexity index is 867. The van der Waals surface area contributed by atoms with Crippen LogP contribution in [-0.2, 0) is 5.75 Å². The van der Waals surface area contributed by atoms with Gasteiger partial charge in [0, 0.05) is 11.3 Å². The van der Waals surface area contributed by atoms with Crippen molar-refractivity contribution in [2.24, 2.45) is 0 Å². The third-order valence-electron chi connectivity index (χ3n) is 3.40. The lowest BCUT2D eigenvalue weighted by Crippen LogP contribution is -2.01. The van der Waals surface area contributed by atoms with E-state index in [4.69, 9.17) is 4.74 Å². The quantitative estimate of drug-likeness (QED) is 0.390. The lowest BCUT2D eigenvalue weighted by molar-refractivity contribution is 0.102. The molecule has 0 radical (unpaired) electrons. The molecular weight excluding hydrogens is 391 g/mol. The molecule has 0 aliphatic carbocycles. The number of nitrogens with zero attached hydrogens (tertiary/aromatic N) is 2. The van der Waals surface area contributed by atoms with E-state index in [1.165, 1.54) is 52.9 Å². The van der Waals surface area contributed by atoms with Crippen LogP contribution >= 0.6 is 34.9 Å². The Morgan fingerprint density at radius 2 is 1.69 bits per heavy atom. The highest BCUT2D eigenvalue weighted by Gasteiger charge is 2.11. The molecule has 4 nitrogen and oxygen atoms in total. The zero-order chi connectivity index (χ0) is 18.4. The Balaban J connectivity index is 1.49. The monoisotopic (exact) mass is 406 g/mol. The first kappa shape index (κ1) is 18.9. The molecule has 0 N–H and O–H groups in total. The van der Waals surface area contributed by atoms with Crippen molar-refractivity contribution in [2.75, 3.05) is 12.9 Å². The van der Waals surface area contributed by atoms with Crippen molar-refractivity contribution in [3.8, 4) is 5.75 Å². The summed E-state index contributed by atoms with van der Waals surface area (Å²) in [4.78, 5) is 12.1. The fourth-order valence-electron chi connectivity index (χ4n) is 2.03. The van der Waals surface area contributed by atoms with Gasteiger partial charge < -0.3 is 4.74 Å². The molecule has 3 aromatic rings. The number of thioether (sulfide) groups is 2. The second-order valence-electron chi connectivity index (χ2n) is 5.19. The largest absolute Gasteiger partial charge is 0.497 e. The molecular formula is C18H15FN2O2S3. The number of Topliss-reactive ketones (excluding diaryl/α,β-unsaturated/α-hetero) is 1. The smallest absolute Gasteiger partial charge is 0.175 e. The van der Waals surface area contributed by atoms with Gasteiger partial charge in [0.1, 0.15) is 11.6 Å². The summed E-state index contributed by atoms with van der Waals surface area (Å²) < 4.78 is 19.6. The van der Waals surface area contributed by atoms with Gasteiger partial charge in [-0.2, -0.15) is 0 Å². The Kier molecular flexibility index (Phi) is 6.65. The molecule has 0 unspecified atom stereocenters. The van der Waals surface area contributed by atoms with Gasteiger partial charge in [-0.3, -0.25) is 4.79 Å². The minimum atomic E-state index is -0.350. The fraction of sp³-hybridized carbons (Fsp3) is 0.167. The van der Waals surface area contributed by atoms with E-state index in [-0.39, 0.29) is 17.4 Å². The first-order chi connectivity index (χ1) is 12.6. The van der Waals surface area contributed by atoms with Crippen LogP contribution in [0.1, 0.15) is 15.9 Å². The number of ketones is 1. The number of hydrogen-bond donors (Lipinski definition) is 0. The predicted molar refractivity (Wildman–Crippen MR) is 104 cm³/mol. The number of halogens is 1. The topological polar surface area (TPSA) is 52.1 Å². The summed E-state index contributed by atoms with van der Waals surface area (Å²) in [6.45, 7) is 0. The number of ether oxygens (including phenoxy) is 1. The maximum atomic E-state index is 12.9. The Hall–Kier alpha value is -1.90. The molecule has 0 saturated carbocycles. The molecule has 0 amide bonds. The van der Waals surface area contributed by atoms with Crippen LogP contribution in [0.2, 0.25) is 0 Å². The Morgan fingerprint density at radius 1 is 1.04 bits per heavy atom. The number of hydrogen-bond acceptors (Lipinski definition) is 7. The number of carbonyl (C=O) groups excluding carboxylic acids is 1. The summed E-state index contributed by atoms with van der Waals surface area (Å²) in [5, 5.41) is 8.27. The Morgan fingerprint density at radius 3 is 2.35 bits per heavy atom. The highest BCUT2D eigenvalue weighted by molar-refractivity contribution is 8.03. The molecule has 2 aromatic carbocycles. The molecule has 8 heteroatoms. The molecule has 3 rings (SSSR count). The number of aromatic nitrogens is 2. The predicted octanol–water partition coefficient (Wildman–Crippen LogP) is 4.95. The van der Waals surface area contributed by atoms with Crippen LogP contribution in [-0.4, -0.2) is 28.8 Å². The van der Waals surface area contributed by atoms with Gasteiger partial charge in [0.2, 0.25) is 0 Å². The standard InChI is InChI=1S/C18H15FN2O2S3/c1-23-15-8-2-12(3-9-15)10-24-17-20-21-18(26-17)25-11-16(22)13-4-6-14(19)7-5-13/h2-9H,10-11H2,1H3. The van der Waals surface area contributed by atoms with Gasteiger partial charge in [-0.25, -0.2) is 4.39 Å². The molecule has 0 fully saturated rings. The number of rotatable bonds is 8.